The van der Waals surface area contributed by atoms with Gasteiger partial charge >= 0.3 is 0 Å². The Morgan fingerprint density at radius 1 is 1.00 bits per heavy atom. The standard InChI is InChI=1S/C25H35N3O4S/c1-6-20-13-15-22(16-14-20)28(33(5,31)32)18-24(29)27(23(7-2)25(30)26-8-3)17-21-12-10-9-11-19(21)4/h9-16,23H,6-8,17-18H2,1-5H3,(H,26,30)/t23-/m0/s1. The molecule has 0 saturated heterocycles. The normalized spacial score (nSPS) is 12.2. The predicted octanol–water partition coefficient (Wildman–Crippen LogP) is 3.27. The first-order valence-electron chi connectivity index (χ1n) is 11.3. The predicted molar refractivity (Wildman–Crippen MR) is 133 cm³/mol. The Labute approximate surface area is 197 Å². The van der Waals surface area contributed by atoms with Crippen molar-refractivity contribution in [2.45, 2.75) is 53.1 Å². The van der Waals surface area contributed by atoms with E-state index in [0.29, 0.717) is 18.7 Å². The number of hydrogen-bond donors (Lipinski definition) is 1. The second kappa shape index (κ2) is 11.8. The number of carbonyl (C=O) groups excluding carboxylic acids is 2. The van der Waals surface area contributed by atoms with Crippen LogP contribution in [0.4, 0.5) is 5.69 Å². The number of aryl methyl sites for hydroxylation is 2. The van der Waals surface area contributed by atoms with Gasteiger partial charge in [0.2, 0.25) is 21.8 Å². The van der Waals surface area contributed by atoms with Crippen molar-refractivity contribution in [2.75, 3.05) is 23.7 Å². The maximum absolute atomic E-state index is 13.6. The second-order valence-electron chi connectivity index (χ2n) is 8.06. The molecule has 33 heavy (non-hydrogen) atoms. The van der Waals surface area contributed by atoms with Crippen LogP contribution < -0.4 is 9.62 Å². The summed E-state index contributed by atoms with van der Waals surface area (Å²) >= 11 is 0. The third kappa shape index (κ3) is 7.05. The third-order valence-electron chi connectivity index (χ3n) is 5.65. The molecule has 0 saturated carbocycles. The van der Waals surface area contributed by atoms with Crippen LogP contribution in [-0.4, -0.2) is 50.5 Å². The number of hydrogen-bond acceptors (Lipinski definition) is 4. The smallest absolute Gasteiger partial charge is 0.244 e. The first-order valence-corrected chi connectivity index (χ1v) is 13.1. The number of anilines is 1. The van der Waals surface area contributed by atoms with Crippen molar-refractivity contribution in [3.63, 3.8) is 0 Å². The van der Waals surface area contributed by atoms with Gasteiger partial charge in [-0.25, -0.2) is 8.42 Å². The van der Waals surface area contributed by atoms with Crippen LogP contribution in [0.2, 0.25) is 0 Å². The van der Waals surface area contributed by atoms with E-state index in [0.717, 1.165) is 33.7 Å². The Morgan fingerprint density at radius 2 is 1.64 bits per heavy atom. The number of nitrogens with one attached hydrogen (secondary N) is 1. The lowest BCUT2D eigenvalue weighted by Crippen LogP contribution is -2.52. The van der Waals surface area contributed by atoms with E-state index in [1.165, 1.54) is 4.90 Å². The van der Waals surface area contributed by atoms with Gasteiger partial charge in [-0.1, -0.05) is 50.2 Å². The van der Waals surface area contributed by atoms with Gasteiger partial charge < -0.3 is 10.2 Å². The first-order chi connectivity index (χ1) is 15.6. The Morgan fingerprint density at radius 3 is 2.15 bits per heavy atom. The fraction of sp³-hybridized carbons (Fsp3) is 0.440. The van der Waals surface area contributed by atoms with Crippen molar-refractivity contribution in [1.29, 1.82) is 0 Å². The fourth-order valence-electron chi connectivity index (χ4n) is 3.69. The zero-order valence-electron chi connectivity index (χ0n) is 20.2. The summed E-state index contributed by atoms with van der Waals surface area (Å²) in [4.78, 5) is 27.8. The molecule has 1 N–H and O–H groups in total. The third-order valence-corrected chi connectivity index (χ3v) is 6.79. The highest BCUT2D eigenvalue weighted by Crippen LogP contribution is 2.21. The SMILES string of the molecule is CCNC(=O)[C@H](CC)N(Cc1ccccc1C)C(=O)CN(c1ccc(CC)cc1)S(C)(=O)=O. The molecule has 0 unspecified atom stereocenters. The lowest BCUT2D eigenvalue weighted by Gasteiger charge is -2.33. The Balaban J connectivity index is 2.43. The van der Waals surface area contributed by atoms with Crippen molar-refractivity contribution < 1.29 is 18.0 Å². The highest BCUT2D eigenvalue weighted by Gasteiger charge is 2.31. The quantitative estimate of drug-likeness (QED) is 0.543. The van der Waals surface area contributed by atoms with Gasteiger partial charge in [0.05, 0.1) is 11.9 Å². The molecule has 0 aliphatic rings. The molecule has 0 aromatic heterocycles. The molecule has 2 aromatic rings. The van der Waals surface area contributed by atoms with Gasteiger partial charge in [-0.3, -0.25) is 13.9 Å². The van der Waals surface area contributed by atoms with Crippen LogP contribution in [-0.2, 0) is 32.6 Å². The number of amides is 2. The molecule has 0 heterocycles. The summed E-state index contributed by atoms with van der Waals surface area (Å²) in [5.41, 5.74) is 3.40. The molecule has 0 radical (unpaired) electrons. The minimum atomic E-state index is -3.72. The number of likely N-dealkylation sites (N-methyl/N-ethyl adjacent to an activating group) is 1. The minimum Gasteiger partial charge on any atom is -0.355 e. The average Bonchev–Trinajstić information content (AvgIpc) is 2.78. The lowest BCUT2D eigenvalue weighted by molar-refractivity contribution is -0.140. The molecule has 180 valence electrons. The van der Waals surface area contributed by atoms with E-state index in [-0.39, 0.29) is 19.0 Å². The van der Waals surface area contributed by atoms with Crippen LogP contribution in [0, 0.1) is 6.92 Å². The molecule has 2 amide bonds. The van der Waals surface area contributed by atoms with Crippen molar-refractivity contribution >= 4 is 27.5 Å². The largest absolute Gasteiger partial charge is 0.355 e. The topological polar surface area (TPSA) is 86.8 Å². The molecule has 0 aliphatic heterocycles. The monoisotopic (exact) mass is 473 g/mol. The molecule has 7 nitrogen and oxygen atoms in total. The zero-order chi connectivity index (χ0) is 24.6. The molecule has 1 atom stereocenters. The molecule has 0 bridgehead atoms. The Bertz CT molecular complexity index is 1050. The summed E-state index contributed by atoms with van der Waals surface area (Å²) < 4.78 is 26.3. The van der Waals surface area contributed by atoms with Crippen molar-refractivity contribution in [2.24, 2.45) is 0 Å². The van der Waals surface area contributed by atoms with Crippen LogP contribution in [0.15, 0.2) is 48.5 Å². The molecule has 2 rings (SSSR count). The summed E-state index contributed by atoms with van der Waals surface area (Å²) in [6.45, 7) is 7.91. The van der Waals surface area contributed by atoms with Gasteiger partial charge in [0.15, 0.2) is 0 Å². The van der Waals surface area contributed by atoms with Crippen LogP contribution in [0.25, 0.3) is 0 Å². The molecule has 0 fully saturated rings. The van der Waals surface area contributed by atoms with Gasteiger partial charge in [0.1, 0.15) is 12.6 Å². The summed E-state index contributed by atoms with van der Waals surface area (Å²) in [6, 6.07) is 14.1. The molecule has 0 aliphatic carbocycles. The van der Waals surface area contributed by atoms with Gasteiger partial charge in [-0.15, -0.1) is 0 Å². The maximum atomic E-state index is 13.6. The first kappa shape index (κ1) is 26.4. The number of sulfonamides is 1. The van der Waals surface area contributed by atoms with Crippen LogP contribution in [0.1, 0.15) is 43.9 Å². The molecule has 2 aromatic carbocycles. The van der Waals surface area contributed by atoms with Crippen LogP contribution >= 0.6 is 0 Å². The Hall–Kier alpha value is -2.87. The summed E-state index contributed by atoms with van der Waals surface area (Å²) in [6.07, 6.45) is 2.32. The van der Waals surface area contributed by atoms with E-state index in [2.05, 4.69) is 5.32 Å². The van der Waals surface area contributed by atoms with E-state index in [1.54, 1.807) is 12.1 Å². The van der Waals surface area contributed by atoms with Crippen molar-refractivity contribution in [3.8, 4) is 0 Å². The summed E-state index contributed by atoms with van der Waals surface area (Å²) in [5.74, 6) is -0.679. The minimum absolute atomic E-state index is 0.216. The number of benzene rings is 2. The molecular weight excluding hydrogens is 438 g/mol. The summed E-state index contributed by atoms with van der Waals surface area (Å²) in [7, 11) is -3.72. The van der Waals surface area contributed by atoms with Gasteiger partial charge in [-0.05, 0) is 55.5 Å². The second-order valence-corrected chi connectivity index (χ2v) is 9.96. The fourth-order valence-corrected chi connectivity index (χ4v) is 4.54. The van der Waals surface area contributed by atoms with E-state index >= 15 is 0 Å². The lowest BCUT2D eigenvalue weighted by atomic mass is 10.1. The van der Waals surface area contributed by atoms with Crippen LogP contribution in [0.5, 0.6) is 0 Å². The number of rotatable bonds is 11. The van der Waals surface area contributed by atoms with Gasteiger partial charge in [-0.2, -0.15) is 0 Å². The van der Waals surface area contributed by atoms with Crippen molar-refractivity contribution in [1.82, 2.24) is 10.2 Å². The molecule has 0 spiro atoms. The Kier molecular flexibility index (Phi) is 9.46. The van der Waals surface area contributed by atoms with E-state index in [9.17, 15) is 18.0 Å². The maximum Gasteiger partial charge on any atom is 0.244 e. The molecule has 8 heteroatoms. The number of carbonyl (C=O) groups is 2. The highest BCUT2D eigenvalue weighted by molar-refractivity contribution is 7.92. The van der Waals surface area contributed by atoms with E-state index < -0.39 is 22.0 Å². The number of nitrogens with zero attached hydrogens (tertiary/aromatic N) is 2. The zero-order valence-corrected chi connectivity index (χ0v) is 21.0. The van der Waals surface area contributed by atoms with Crippen LogP contribution in [0.3, 0.4) is 0 Å². The van der Waals surface area contributed by atoms with E-state index in [1.807, 2.05) is 64.1 Å². The highest BCUT2D eigenvalue weighted by atomic mass is 32.2. The average molecular weight is 474 g/mol. The molecular formula is C25H35N3O4S. The summed E-state index contributed by atoms with van der Waals surface area (Å²) in [5, 5.41) is 2.80. The van der Waals surface area contributed by atoms with Crippen molar-refractivity contribution in [3.05, 3.63) is 65.2 Å². The van der Waals surface area contributed by atoms with E-state index in [4.69, 9.17) is 0 Å². The van der Waals surface area contributed by atoms with Gasteiger partial charge in [0, 0.05) is 13.1 Å². The van der Waals surface area contributed by atoms with Gasteiger partial charge in [0.25, 0.3) is 0 Å².